The Hall–Kier alpha value is -4.13. The van der Waals surface area contributed by atoms with E-state index in [-0.39, 0.29) is 24.0 Å². The van der Waals surface area contributed by atoms with Crippen LogP contribution >= 0.6 is 0 Å². The van der Waals surface area contributed by atoms with Crippen LogP contribution in [-0.2, 0) is 4.79 Å². The fourth-order valence-electron chi connectivity index (χ4n) is 4.89. The van der Waals surface area contributed by atoms with Crippen LogP contribution in [0, 0.1) is 5.92 Å². The standard InChI is InChI=1S/C30H31N3O4/c1-19(21-7-10-25(35-3)11-8-21)33-18-24(16-30(33)34)20(2)37-28-15-23(14-27-26(28)6-5-13-31-27)22-9-12-29(36-4)32-17-22/h5-15,17,19-20,24H,16,18H2,1-4H3. The van der Waals surface area contributed by atoms with E-state index in [0.717, 1.165) is 39.1 Å². The molecular formula is C30H31N3O4. The summed E-state index contributed by atoms with van der Waals surface area (Å²) < 4.78 is 17.0. The van der Waals surface area contributed by atoms with Crippen molar-refractivity contribution in [3.63, 3.8) is 0 Å². The van der Waals surface area contributed by atoms with E-state index in [1.165, 1.54) is 0 Å². The molecule has 3 atom stereocenters. The molecule has 3 heterocycles. The molecule has 0 N–H and O–H groups in total. The molecule has 4 aromatic rings. The summed E-state index contributed by atoms with van der Waals surface area (Å²) in [4.78, 5) is 23.9. The van der Waals surface area contributed by atoms with Crippen LogP contribution in [0.1, 0.15) is 31.9 Å². The highest BCUT2D eigenvalue weighted by Crippen LogP contribution is 2.36. The number of benzene rings is 2. The van der Waals surface area contributed by atoms with E-state index in [2.05, 4.69) is 16.9 Å². The van der Waals surface area contributed by atoms with Crippen LogP contribution in [0.5, 0.6) is 17.4 Å². The topological polar surface area (TPSA) is 73.8 Å². The number of hydrogen-bond donors (Lipinski definition) is 0. The highest BCUT2D eigenvalue weighted by Gasteiger charge is 2.37. The molecule has 2 aromatic heterocycles. The van der Waals surface area contributed by atoms with Gasteiger partial charge in [0.05, 0.1) is 25.8 Å². The molecule has 1 saturated heterocycles. The lowest BCUT2D eigenvalue weighted by Gasteiger charge is -2.27. The molecule has 3 unspecified atom stereocenters. The van der Waals surface area contributed by atoms with Gasteiger partial charge in [0.2, 0.25) is 11.8 Å². The monoisotopic (exact) mass is 497 g/mol. The highest BCUT2D eigenvalue weighted by molar-refractivity contribution is 5.90. The number of carbonyl (C=O) groups is 1. The van der Waals surface area contributed by atoms with Gasteiger partial charge in [0.25, 0.3) is 0 Å². The van der Waals surface area contributed by atoms with Crippen molar-refractivity contribution >= 4 is 16.8 Å². The largest absolute Gasteiger partial charge is 0.497 e. The smallest absolute Gasteiger partial charge is 0.223 e. The lowest BCUT2D eigenvalue weighted by atomic mass is 10.0. The van der Waals surface area contributed by atoms with Crippen molar-refractivity contribution in [2.75, 3.05) is 20.8 Å². The Morgan fingerprint density at radius 1 is 0.946 bits per heavy atom. The predicted octanol–water partition coefficient (Wildman–Crippen LogP) is 5.69. The Labute approximate surface area is 217 Å². The molecule has 5 rings (SSSR count). The number of pyridine rings is 2. The normalized spacial score (nSPS) is 17.0. The van der Waals surface area contributed by atoms with Gasteiger partial charge in [-0.3, -0.25) is 9.78 Å². The highest BCUT2D eigenvalue weighted by atomic mass is 16.5. The first-order chi connectivity index (χ1) is 18.0. The minimum atomic E-state index is -0.162. The van der Waals surface area contributed by atoms with Crippen LogP contribution in [0.3, 0.4) is 0 Å². The number of likely N-dealkylation sites (tertiary alicyclic amines) is 1. The number of methoxy groups -OCH3 is 2. The van der Waals surface area contributed by atoms with Gasteiger partial charge < -0.3 is 19.1 Å². The molecule has 1 fully saturated rings. The summed E-state index contributed by atoms with van der Waals surface area (Å²) in [6.07, 6.45) is 3.86. The molecule has 0 saturated carbocycles. The number of carbonyl (C=O) groups excluding carboxylic acids is 1. The van der Waals surface area contributed by atoms with Gasteiger partial charge in [0.1, 0.15) is 17.6 Å². The first kappa shape index (κ1) is 24.6. The van der Waals surface area contributed by atoms with E-state index in [0.29, 0.717) is 18.8 Å². The van der Waals surface area contributed by atoms with Gasteiger partial charge >= 0.3 is 0 Å². The van der Waals surface area contributed by atoms with Crippen molar-refractivity contribution in [3.05, 3.63) is 78.6 Å². The maximum Gasteiger partial charge on any atom is 0.223 e. The molecule has 7 nitrogen and oxygen atoms in total. The van der Waals surface area contributed by atoms with Crippen LogP contribution in [-0.4, -0.2) is 47.6 Å². The maximum atomic E-state index is 13.0. The molecule has 0 aliphatic carbocycles. The predicted molar refractivity (Wildman–Crippen MR) is 143 cm³/mol. The molecule has 1 aliphatic heterocycles. The second kappa shape index (κ2) is 10.5. The van der Waals surface area contributed by atoms with Crippen molar-refractivity contribution in [2.24, 2.45) is 5.92 Å². The van der Waals surface area contributed by atoms with Gasteiger partial charge in [-0.2, -0.15) is 0 Å². The van der Waals surface area contributed by atoms with Crippen LogP contribution in [0.15, 0.2) is 73.1 Å². The summed E-state index contributed by atoms with van der Waals surface area (Å²) in [6.45, 7) is 4.76. The van der Waals surface area contributed by atoms with E-state index in [1.807, 2.05) is 72.5 Å². The number of ether oxygens (including phenoxy) is 3. The average Bonchev–Trinajstić information content (AvgIpc) is 3.34. The van der Waals surface area contributed by atoms with Crippen molar-refractivity contribution in [3.8, 4) is 28.5 Å². The fraction of sp³-hybridized carbons (Fsp3) is 0.300. The van der Waals surface area contributed by atoms with E-state index in [1.54, 1.807) is 26.6 Å². The Balaban J connectivity index is 1.36. The zero-order chi connectivity index (χ0) is 25.9. The van der Waals surface area contributed by atoms with Crippen molar-refractivity contribution < 1.29 is 19.0 Å². The molecule has 7 heteroatoms. The van der Waals surface area contributed by atoms with Crippen LogP contribution < -0.4 is 14.2 Å². The molecule has 0 radical (unpaired) electrons. The molecule has 2 aromatic carbocycles. The first-order valence-corrected chi connectivity index (χ1v) is 12.5. The summed E-state index contributed by atoms with van der Waals surface area (Å²) in [7, 11) is 3.25. The van der Waals surface area contributed by atoms with Crippen LogP contribution in [0.4, 0.5) is 0 Å². The number of amides is 1. The van der Waals surface area contributed by atoms with Gasteiger partial charge in [-0.05, 0) is 67.4 Å². The summed E-state index contributed by atoms with van der Waals surface area (Å²) in [5, 5.41) is 0.937. The zero-order valence-corrected chi connectivity index (χ0v) is 21.5. The molecule has 37 heavy (non-hydrogen) atoms. The Bertz CT molecular complexity index is 1390. The third-order valence-electron chi connectivity index (χ3n) is 7.19. The minimum Gasteiger partial charge on any atom is -0.497 e. The van der Waals surface area contributed by atoms with E-state index in [9.17, 15) is 4.79 Å². The molecule has 1 aliphatic rings. The number of rotatable bonds is 8. The SMILES string of the molecule is COc1ccc(C(C)N2CC(C(C)Oc3cc(-c4ccc(OC)nc4)cc4ncccc34)CC2=O)cc1. The van der Waals surface area contributed by atoms with E-state index >= 15 is 0 Å². The Kier molecular flexibility index (Phi) is 6.95. The second-order valence-corrected chi connectivity index (χ2v) is 9.42. The zero-order valence-electron chi connectivity index (χ0n) is 21.5. The Morgan fingerprint density at radius 2 is 1.76 bits per heavy atom. The second-order valence-electron chi connectivity index (χ2n) is 9.42. The summed E-state index contributed by atoms with van der Waals surface area (Å²) in [5.41, 5.74) is 3.83. The number of nitrogens with zero attached hydrogens (tertiary/aromatic N) is 3. The molecular weight excluding hydrogens is 466 g/mol. The van der Waals surface area contributed by atoms with E-state index < -0.39 is 0 Å². The number of aromatic nitrogens is 2. The molecule has 0 bridgehead atoms. The van der Waals surface area contributed by atoms with Crippen molar-refractivity contribution in [1.82, 2.24) is 14.9 Å². The third-order valence-corrected chi connectivity index (χ3v) is 7.19. The van der Waals surface area contributed by atoms with Gasteiger partial charge in [-0.1, -0.05) is 12.1 Å². The molecule has 1 amide bonds. The van der Waals surface area contributed by atoms with Gasteiger partial charge in [0, 0.05) is 48.3 Å². The van der Waals surface area contributed by atoms with Crippen molar-refractivity contribution in [2.45, 2.75) is 32.4 Å². The van der Waals surface area contributed by atoms with Gasteiger partial charge in [-0.25, -0.2) is 4.98 Å². The Morgan fingerprint density at radius 3 is 2.46 bits per heavy atom. The quantitative estimate of drug-likeness (QED) is 0.311. The first-order valence-electron chi connectivity index (χ1n) is 12.5. The van der Waals surface area contributed by atoms with Gasteiger partial charge in [0.15, 0.2) is 0 Å². The van der Waals surface area contributed by atoms with Gasteiger partial charge in [-0.15, -0.1) is 0 Å². The summed E-state index contributed by atoms with van der Waals surface area (Å²) in [6, 6.07) is 19.7. The van der Waals surface area contributed by atoms with Crippen molar-refractivity contribution in [1.29, 1.82) is 0 Å². The third kappa shape index (κ3) is 5.07. The lowest BCUT2D eigenvalue weighted by molar-refractivity contribution is -0.129. The number of fused-ring (bicyclic) bond motifs is 1. The maximum absolute atomic E-state index is 13.0. The van der Waals surface area contributed by atoms with Crippen LogP contribution in [0.2, 0.25) is 0 Å². The molecule has 190 valence electrons. The fourth-order valence-corrected chi connectivity index (χ4v) is 4.89. The minimum absolute atomic E-state index is 0.0217. The summed E-state index contributed by atoms with van der Waals surface area (Å²) >= 11 is 0. The summed E-state index contributed by atoms with van der Waals surface area (Å²) in [5.74, 6) is 2.34. The average molecular weight is 498 g/mol. The molecule has 0 spiro atoms. The van der Waals surface area contributed by atoms with E-state index in [4.69, 9.17) is 14.2 Å². The lowest BCUT2D eigenvalue weighted by Crippen LogP contribution is -2.31. The number of hydrogen-bond acceptors (Lipinski definition) is 6. The van der Waals surface area contributed by atoms with Crippen LogP contribution in [0.25, 0.3) is 22.0 Å².